The number of hydrogen-bond acceptors (Lipinski definition) is 0. The molecule has 17 heavy (non-hydrogen) atoms. The third kappa shape index (κ3) is 1.10. The van der Waals surface area contributed by atoms with E-state index in [9.17, 15) is 0 Å². The summed E-state index contributed by atoms with van der Waals surface area (Å²) in [5.74, 6) is 0.624. The van der Waals surface area contributed by atoms with Crippen molar-refractivity contribution in [1.82, 2.24) is 0 Å². The third-order valence-electron chi connectivity index (χ3n) is 7.23. The first-order valence-corrected chi connectivity index (χ1v) is 6.90. The van der Waals surface area contributed by atoms with E-state index in [1.807, 2.05) is 0 Å². The van der Waals surface area contributed by atoms with Gasteiger partial charge in [0.15, 0.2) is 0 Å². The van der Waals surface area contributed by atoms with Gasteiger partial charge >= 0.3 is 0 Å². The van der Waals surface area contributed by atoms with Gasteiger partial charge in [-0.3, -0.25) is 0 Å². The lowest BCUT2D eigenvalue weighted by Gasteiger charge is -2.50. The molecule has 0 aromatic heterocycles. The zero-order valence-electron chi connectivity index (χ0n) is 12.8. The summed E-state index contributed by atoms with van der Waals surface area (Å²) in [4.78, 5) is 0. The van der Waals surface area contributed by atoms with Crippen LogP contribution in [0.15, 0.2) is 23.8 Å². The van der Waals surface area contributed by atoms with Gasteiger partial charge in [0.25, 0.3) is 0 Å². The van der Waals surface area contributed by atoms with Crippen LogP contribution in [0.25, 0.3) is 0 Å². The molecule has 1 saturated carbocycles. The molecule has 0 spiro atoms. The van der Waals surface area contributed by atoms with Crippen LogP contribution in [0.4, 0.5) is 0 Å². The Balaban J connectivity index is 2.76. The van der Waals surface area contributed by atoms with E-state index in [2.05, 4.69) is 73.6 Å². The van der Waals surface area contributed by atoms with Crippen molar-refractivity contribution in [3.63, 3.8) is 0 Å². The predicted octanol–water partition coefficient (Wildman–Crippen LogP) is 5.22. The topological polar surface area (TPSA) is 0 Å². The molecule has 0 heterocycles. The van der Waals surface area contributed by atoms with Crippen LogP contribution in [0, 0.1) is 27.6 Å². The van der Waals surface area contributed by atoms with Gasteiger partial charge in [-0.2, -0.15) is 0 Å². The Morgan fingerprint density at radius 2 is 1.41 bits per heavy atom. The van der Waals surface area contributed by atoms with Crippen molar-refractivity contribution in [1.29, 1.82) is 0 Å². The minimum absolute atomic E-state index is 0.268. The maximum atomic E-state index is 2.48. The van der Waals surface area contributed by atoms with Crippen LogP contribution in [0.2, 0.25) is 0 Å². The normalized spacial score (nSPS) is 40.9. The second-order valence-corrected chi connectivity index (χ2v) is 7.83. The Labute approximate surface area is 107 Å². The van der Waals surface area contributed by atoms with Gasteiger partial charge in [0, 0.05) is 5.41 Å². The molecule has 1 fully saturated rings. The van der Waals surface area contributed by atoms with Crippen molar-refractivity contribution in [3.05, 3.63) is 23.8 Å². The van der Waals surface area contributed by atoms with Crippen LogP contribution in [0.5, 0.6) is 0 Å². The maximum Gasteiger partial charge on any atom is 0.000896 e. The summed E-state index contributed by atoms with van der Waals surface area (Å²) in [5, 5.41) is 0. The summed E-state index contributed by atoms with van der Waals surface area (Å²) >= 11 is 0. The molecule has 2 rings (SSSR count). The van der Waals surface area contributed by atoms with Crippen LogP contribution < -0.4 is 0 Å². The molecule has 2 aliphatic rings. The summed E-state index contributed by atoms with van der Waals surface area (Å²) in [5.41, 5.74) is 2.81. The van der Waals surface area contributed by atoms with E-state index in [1.54, 1.807) is 5.57 Å². The highest BCUT2D eigenvalue weighted by atomic mass is 14.7. The Bertz CT molecular complexity index is 404. The van der Waals surface area contributed by atoms with Crippen LogP contribution in [0.1, 0.15) is 55.4 Å². The molecule has 0 saturated heterocycles. The van der Waals surface area contributed by atoms with Crippen molar-refractivity contribution >= 4 is 0 Å². The molecule has 0 N–H and O–H groups in total. The van der Waals surface area contributed by atoms with Gasteiger partial charge in [-0.15, -0.1) is 0 Å². The summed E-state index contributed by atoms with van der Waals surface area (Å²) in [6, 6.07) is 0. The van der Waals surface area contributed by atoms with E-state index in [0.29, 0.717) is 16.7 Å². The van der Waals surface area contributed by atoms with Gasteiger partial charge in [-0.25, -0.2) is 0 Å². The van der Waals surface area contributed by atoms with E-state index >= 15 is 0 Å². The third-order valence-corrected chi connectivity index (χ3v) is 7.23. The maximum absolute atomic E-state index is 2.48. The molecular formula is C17H28. The zero-order valence-corrected chi connectivity index (χ0v) is 12.8. The molecule has 0 amide bonds. The molecule has 0 aromatic rings. The van der Waals surface area contributed by atoms with Gasteiger partial charge in [0.1, 0.15) is 0 Å². The van der Waals surface area contributed by atoms with E-state index in [1.165, 1.54) is 0 Å². The number of fused-ring (bicyclic) bond motifs is 1. The monoisotopic (exact) mass is 232 g/mol. The molecule has 0 heteroatoms. The van der Waals surface area contributed by atoms with Crippen molar-refractivity contribution in [2.45, 2.75) is 55.4 Å². The van der Waals surface area contributed by atoms with E-state index in [-0.39, 0.29) is 10.8 Å². The Morgan fingerprint density at radius 1 is 0.882 bits per heavy atom. The lowest BCUT2D eigenvalue weighted by molar-refractivity contribution is -0.00828. The predicted molar refractivity (Wildman–Crippen MR) is 75.8 cm³/mol. The van der Waals surface area contributed by atoms with Gasteiger partial charge in [0.05, 0.1) is 0 Å². The van der Waals surface area contributed by atoms with Crippen molar-refractivity contribution in [2.24, 2.45) is 27.6 Å². The van der Waals surface area contributed by atoms with Gasteiger partial charge < -0.3 is 0 Å². The van der Waals surface area contributed by atoms with Crippen molar-refractivity contribution in [3.8, 4) is 0 Å². The molecular weight excluding hydrogens is 204 g/mol. The molecule has 0 aromatic carbocycles. The standard InChI is InChI=1S/C17H28/c1-12-10-9-11-13-14(2,3)15(4,5)16(6,7)17(12,13)8/h9-12H,1-8H3. The van der Waals surface area contributed by atoms with Crippen LogP contribution in [-0.2, 0) is 0 Å². The molecule has 0 aliphatic heterocycles. The largest absolute Gasteiger partial charge is 0.0808 e. The van der Waals surface area contributed by atoms with Crippen molar-refractivity contribution < 1.29 is 0 Å². The van der Waals surface area contributed by atoms with Gasteiger partial charge in [0.2, 0.25) is 0 Å². The number of hydrogen-bond donors (Lipinski definition) is 0. The van der Waals surface area contributed by atoms with Crippen LogP contribution in [-0.4, -0.2) is 0 Å². The number of rotatable bonds is 0. The van der Waals surface area contributed by atoms with E-state index in [4.69, 9.17) is 0 Å². The highest BCUT2D eigenvalue weighted by molar-refractivity contribution is 5.42. The Kier molecular flexibility index (Phi) is 2.34. The lowest BCUT2D eigenvalue weighted by Crippen LogP contribution is -2.44. The van der Waals surface area contributed by atoms with E-state index in [0.717, 1.165) is 0 Å². The first-order chi connectivity index (χ1) is 7.51. The highest BCUT2D eigenvalue weighted by Gasteiger charge is 2.68. The summed E-state index contributed by atoms with van der Waals surface area (Å²) in [6.45, 7) is 19.5. The van der Waals surface area contributed by atoms with E-state index < -0.39 is 0 Å². The average Bonchev–Trinajstić information content (AvgIpc) is 2.27. The van der Waals surface area contributed by atoms with Crippen molar-refractivity contribution in [2.75, 3.05) is 0 Å². The second-order valence-electron chi connectivity index (χ2n) is 7.83. The molecule has 96 valence electrons. The first-order valence-electron chi connectivity index (χ1n) is 6.90. The molecule has 0 nitrogen and oxygen atoms in total. The molecule has 0 bridgehead atoms. The fourth-order valence-electron chi connectivity index (χ4n) is 4.46. The minimum atomic E-state index is 0.268. The summed E-state index contributed by atoms with van der Waals surface area (Å²) < 4.78 is 0. The fraction of sp³-hybridized carbons (Fsp3) is 0.765. The Hall–Kier alpha value is -0.520. The Morgan fingerprint density at radius 3 is 1.88 bits per heavy atom. The number of allylic oxidation sites excluding steroid dienone is 4. The lowest BCUT2D eigenvalue weighted by atomic mass is 9.54. The fourth-order valence-corrected chi connectivity index (χ4v) is 4.46. The van der Waals surface area contributed by atoms with Crippen LogP contribution >= 0.6 is 0 Å². The minimum Gasteiger partial charge on any atom is -0.0808 e. The summed E-state index contributed by atoms with van der Waals surface area (Å²) in [7, 11) is 0. The first kappa shape index (κ1) is 12.9. The molecule has 2 unspecified atom stereocenters. The zero-order chi connectivity index (χ0) is 13.3. The van der Waals surface area contributed by atoms with Crippen LogP contribution in [0.3, 0.4) is 0 Å². The molecule has 2 aliphatic carbocycles. The second kappa shape index (κ2) is 3.08. The smallest absolute Gasteiger partial charge is 0.000896 e. The van der Waals surface area contributed by atoms with Gasteiger partial charge in [-0.05, 0) is 22.2 Å². The molecule has 0 radical (unpaired) electrons. The quantitative estimate of drug-likeness (QED) is 0.537. The highest BCUT2D eigenvalue weighted by Crippen LogP contribution is 2.75. The van der Waals surface area contributed by atoms with Gasteiger partial charge in [-0.1, -0.05) is 79.2 Å². The summed E-state index contributed by atoms with van der Waals surface area (Å²) in [6.07, 6.45) is 7.03. The molecule has 2 atom stereocenters. The average molecular weight is 232 g/mol. The SMILES string of the molecule is CC1C=CC=C2C(C)(C)C(C)(C)C(C)(C)C21C.